The van der Waals surface area contributed by atoms with Gasteiger partial charge in [-0.2, -0.15) is 0 Å². The summed E-state index contributed by atoms with van der Waals surface area (Å²) in [5.41, 5.74) is 6.26. The van der Waals surface area contributed by atoms with Crippen LogP contribution in [0.1, 0.15) is 36.6 Å². The summed E-state index contributed by atoms with van der Waals surface area (Å²) in [6.07, 6.45) is 0. The molecule has 0 saturated carbocycles. The molecule has 0 spiro atoms. The summed E-state index contributed by atoms with van der Waals surface area (Å²) in [7, 11) is 0. The standard InChI is InChI=1S/C33H38N4O5/c1-21-17-30-31(18-22(21)2)42-20-32(39)37(30)23(3)33(40)35-29(19-36-13-15-41-16-14-36)26-11-9-25(10-12-26)27-7-5-6-8-28(27)34-24(4)38/h5-12,17-18,23,29H,13-16,19-20H2,1-4H3,(H,34,38)(H,35,40). The third kappa shape index (κ3) is 6.48. The van der Waals surface area contributed by atoms with E-state index in [2.05, 4.69) is 15.5 Å². The van der Waals surface area contributed by atoms with Gasteiger partial charge in [-0.25, -0.2) is 0 Å². The average Bonchev–Trinajstić information content (AvgIpc) is 2.98. The van der Waals surface area contributed by atoms with Crippen LogP contribution in [0.2, 0.25) is 0 Å². The zero-order valence-corrected chi connectivity index (χ0v) is 24.6. The van der Waals surface area contributed by atoms with Crippen LogP contribution >= 0.6 is 0 Å². The summed E-state index contributed by atoms with van der Waals surface area (Å²) in [5.74, 6) is -0.0152. The van der Waals surface area contributed by atoms with Gasteiger partial charge in [0.15, 0.2) is 6.61 Å². The van der Waals surface area contributed by atoms with Crippen molar-refractivity contribution in [2.24, 2.45) is 0 Å². The molecule has 2 heterocycles. The number of morpholine rings is 1. The van der Waals surface area contributed by atoms with E-state index < -0.39 is 6.04 Å². The van der Waals surface area contributed by atoms with Crippen LogP contribution < -0.4 is 20.3 Å². The molecule has 2 atom stereocenters. The molecule has 0 aromatic heterocycles. The van der Waals surface area contributed by atoms with Gasteiger partial charge in [0.1, 0.15) is 11.8 Å². The first kappa shape index (κ1) is 29.3. The van der Waals surface area contributed by atoms with Crippen molar-refractivity contribution in [3.63, 3.8) is 0 Å². The highest BCUT2D eigenvalue weighted by Crippen LogP contribution is 2.36. The number of anilines is 2. The van der Waals surface area contributed by atoms with E-state index >= 15 is 0 Å². The summed E-state index contributed by atoms with van der Waals surface area (Å²) >= 11 is 0. The SMILES string of the molecule is CC(=O)Nc1ccccc1-c1ccc(C(CN2CCOCC2)NC(=O)C(C)N2C(=O)COc3cc(C)c(C)cc32)cc1. The molecule has 9 nitrogen and oxygen atoms in total. The molecule has 0 bridgehead atoms. The number of ether oxygens (including phenoxy) is 2. The van der Waals surface area contributed by atoms with Gasteiger partial charge in [0.2, 0.25) is 11.8 Å². The van der Waals surface area contributed by atoms with Gasteiger partial charge in [0, 0.05) is 37.8 Å². The Balaban J connectivity index is 1.40. The molecule has 2 aliphatic heterocycles. The number of hydrogen-bond donors (Lipinski definition) is 2. The Morgan fingerprint density at radius 1 is 0.976 bits per heavy atom. The van der Waals surface area contributed by atoms with Crippen LogP contribution in [0.3, 0.4) is 0 Å². The number of aryl methyl sites for hydroxylation is 2. The minimum Gasteiger partial charge on any atom is -0.482 e. The third-order valence-electron chi connectivity index (χ3n) is 7.94. The third-order valence-corrected chi connectivity index (χ3v) is 7.94. The van der Waals surface area contributed by atoms with Crippen LogP contribution in [0.15, 0.2) is 60.7 Å². The number of carbonyl (C=O) groups is 3. The lowest BCUT2D eigenvalue weighted by molar-refractivity contribution is -0.128. The summed E-state index contributed by atoms with van der Waals surface area (Å²) in [4.78, 5) is 42.3. The normalized spacial score (nSPS) is 16.7. The highest BCUT2D eigenvalue weighted by atomic mass is 16.5. The van der Waals surface area contributed by atoms with Crippen LogP contribution in [-0.4, -0.2) is 68.1 Å². The van der Waals surface area contributed by atoms with Gasteiger partial charge >= 0.3 is 0 Å². The minimum atomic E-state index is -0.738. The number of nitrogens with one attached hydrogen (secondary N) is 2. The Kier molecular flexibility index (Phi) is 8.89. The zero-order valence-electron chi connectivity index (χ0n) is 24.6. The van der Waals surface area contributed by atoms with E-state index in [0.717, 1.165) is 46.6 Å². The Morgan fingerprint density at radius 3 is 2.38 bits per heavy atom. The molecule has 2 N–H and O–H groups in total. The van der Waals surface area contributed by atoms with Crippen molar-refractivity contribution in [3.8, 4) is 16.9 Å². The number of rotatable bonds is 8. The second kappa shape index (κ2) is 12.8. The van der Waals surface area contributed by atoms with Gasteiger partial charge < -0.3 is 20.1 Å². The smallest absolute Gasteiger partial charge is 0.265 e. The fourth-order valence-electron chi connectivity index (χ4n) is 5.46. The zero-order chi connectivity index (χ0) is 29.8. The van der Waals surface area contributed by atoms with Crippen LogP contribution in [0.4, 0.5) is 11.4 Å². The average molecular weight is 571 g/mol. The molecule has 2 unspecified atom stereocenters. The van der Waals surface area contributed by atoms with Crippen molar-refractivity contribution in [3.05, 3.63) is 77.4 Å². The predicted molar refractivity (Wildman–Crippen MR) is 163 cm³/mol. The van der Waals surface area contributed by atoms with E-state index in [0.29, 0.717) is 31.2 Å². The summed E-state index contributed by atoms with van der Waals surface area (Å²) in [6.45, 7) is 10.6. The fraction of sp³-hybridized carbons (Fsp3) is 0.364. The fourth-order valence-corrected chi connectivity index (χ4v) is 5.46. The number of amides is 3. The van der Waals surface area contributed by atoms with Gasteiger partial charge in [-0.3, -0.25) is 24.2 Å². The van der Waals surface area contributed by atoms with E-state index in [9.17, 15) is 14.4 Å². The maximum absolute atomic E-state index is 13.8. The van der Waals surface area contributed by atoms with Gasteiger partial charge in [-0.1, -0.05) is 42.5 Å². The van der Waals surface area contributed by atoms with Gasteiger partial charge in [-0.05, 0) is 61.2 Å². The molecular weight excluding hydrogens is 532 g/mol. The van der Waals surface area contributed by atoms with Crippen molar-refractivity contribution in [2.45, 2.75) is 39.8 Å². The number of para-hydroxylation sites is 1. The molecule has 1 fully saturated rings. The quantitative estimate of drug-likeness (QED) is 0.421. The molecule has 5 rings (SSSR count). The van der Waals surface area contributed by atoms with Crippen molar-refractivity contribution in [1.29, 1.82) is 0 Å². The Bertz CT molecular complexity index is 1470. The topological polar surface area (TPSA) is 100 Å². The van der Waals surface area contributed by atoms with E-state index in [-0.39, 0.29) is 30.4 Å². The summed E-state index contributed by atoms with van der Waals surface area (Å²) < 4.78 is 11.2. The van der Waals surface area contributed by atoms with Crippen LogP contribution in [-0.2, 0) is 19.1 Å². The largest absolute Gasteiger partial charge is 0.482 e. The molecule has 9 heteroatoms. The van der Waals surface area contributed by atoms with E-state index in [1.54, 1.807) is 11.8 Å². The monoisotopic (exact) mass is 570 g/mol. The van der Waals surface area contributed by atoms with Crippen LogP contribution in [0.5, 0.6) is 5.75 Å². The second-order valence-electron chi connectivity index (χ2n) is 11.0. The first-order valence-electron chi connectivity index (χ1n) is 14.3. The van der Waals surface area contributed by atoms with Crippen LogP contribution in [0, 0.1) is 13.8 Å². The lowest BCUT2D eigenvalue weighted by atomic mass is 9.98. The van der Waals surface area contributed by atoms with Crippen molar-refractivity contribution in [1.82, 2.24) is 10.2 Å². The lowest BCUT2D eigenvalue weighted by Gasteiger charge is -2.35. The molecule has 0 aliphatic carbocycles. The maximum Gasteiger partial charge on any atom is 0.265 e. The molecule has 3 amide bonds. The molecule has 42 heavy (non-hydrogen) atoms. The predicted octanol–water partition coefficient (Wildman–Crippen LogP) is 4.23. The van der Waals surface area contributed by atoms with E-state index in [1.807, 2.05) is 74.5 Å². The Labute approximate surface area is 246 Å². The van der Waals surface area contributed by atoms with E-state index in [4.69, 9.17) is 9.47 Å². The number of carbonyl (C=O) groups excluding carboxylic acids is 3. The van der Waals surface area contributed by atoms with Crippen molar-refractivity contribution in [2.75, 3.05) is 49.7 Å². The number of fused-ring (bicyclic) bond motifs is 1. The molecule has 0 radical (unpaired) electrons. The molecule has 1 saturated heterocycles. The highest BCUT2D eigenvalue weighted by Gasteiger charge is 2.34. The highest BCUT2D eigenvalue weighted by molar-refractivity contribution is 6.04. The maximum atomic E-state index is 13.8. The number of hydrogen-bond acceptors (Lipinski definition) is 6. The van der Waals surface area contributed by atoms with Gasteiger partial charge in [0.25, 0.3) is 5.91 Å². The van der Waals surface area contributed by atoms with Crippen LogP contribution in [0.25, 0.3) is 11.1 Å². The van der Waals surface area contributed by atoms with Gasteiger partial charge in [-0.15, -0.1) is 0 Å². The second-order valence-corrected chi connectivity index (χ2v) is 11.0. The lowest BCUT2D eigenvalue weighted by Crippen LogP contribution is -2.53. The molecular formula is C33H38N4O5. The van der Waals surface area contributed by atoms with Crippen molar-refractivity contribution < 1.29 is 23.9 Å². The first-order chi connectivity index (χ1) is 20.2. The summed E-state index contributed by atoms with van der Waals surface area (Å²) in [6, 6.07) is 18.5. The number of nitrogens with zero attached hydrogens (tertiary/aromatic N) is 2. The summed E-state index contributed by atoms with van der Waals surface area (Å²) in [5, 5.41) is 6.13. The molecule has 2 aliphatic rings. The number of benzene rings is 3. The molecule has 220 valence electrons. The minimum absolute atomic E-state index is 0.105. The molecule has 3 aromatic rings. The van der Waals surface area contributed by atoms with Gasteiger partial charge in [0.05, 0.1) is 24.9 Å². The Hall–Kier alpha value is -4.21. The first-order valence-corrected chi connectivity index (χ1v) is 14.3. The van der Waals surface area contributed by atoms with E-state index in [1.165, 1.54) is 6.92 Å². The molecule has 3 aromatic carbocycles. The van der Waals surface area contributed by atoms with Crippen molar-refractivity contribution >= 4 is 29.1 Å². The Morgan fingerprint density at radius 2 is 1.67 bits per heavy atom.